The minimum atomic E-state index is -0.799. The van der Waals surface area contributed by atoms with Crippen LogP contribution in [0.5, 0.6) is 0 Å². The maximum atomic E-state index is 10.0. The Morgan fingerprint density at radius 1 is 1.78 bits per heavy atom. The van der Waals surface area contributed by atoms with Gasteiger partial charge in [-0.1, -0.05) is 6.92 Å². The van der Waals surface area contributed by atoms with E-state index in [1.54, 1.807) is 6.92 Å². The van der Waals surface area contributed by atoms with Gasteiger partial charge in [0.1, 0.15) is 6.04 Å². The van der Waals surface area contributed by atoms with Gasteiger partial charge in [-0.25, -0.2) is 0 Å². The average Bonchev–Trinajstić information content (AvgIpc) is 1.67. The van der Waals surface area contributed by atoms with Crippen LogP contribution in [0, 0.1) is 0 Å². The van der Waals surface area contributed by atoms with Crippen molar-refractivity contribution < 1.29 is 15.4 Å². The van der Waals surface area contributed by atoms with E-state index >= 15 is 0 Å². The van der Waals surface area contributed by atoms with Crippen LogP contribution in [0.4, 0.5) is 0 Å². The highest BCUT2D eigenvalue weighted by Crippen LogP contribution is 1.77. The second kappa shape index (κ2) is 5.53. The van der Waals surface area contributed by atoms with Gasteiger partial charge in [0.25, 0.3) is 0 Å². The Balaban J connectivity index is 0. The smallest absolute Gasteiger partial charge is 0.320 e. The number of hydrogen-bond acceptors (Lipinski definition) is 2. The number of nitrogens with one attached hydrogen (secondary N) is 1. The Morgan fingerprint density at radius 3 is 2.33 bits per heavy atom. The fraction of sp³-hybridized carbons (Fsp3) is 0.800. The SMILES string of the molecule is CCNC(C)C(=O)O.O. The maximum absolute atomic E-state index is 10.0. The fourth-order valence-corrected chi connectivity index (χ4v) is 0.393. The van der Waals surface area contributed by atoms with E-state index in [2.05, 4.69) is 5.32 Å². The summed E-state index contributed by atoms with van der Waals surface area (Å²) in [6, 6.07) is -0.417. The molecule has 0 aromatic heterocycles. The first-order valence-corrected chi connectivity index (χ1v) is 2.64. The highest BCUT2D eigenvalue weighted by molar-refractivity contribution is 5.72. The standard InChI is InChI=1S/C5H11NO2.H2O/c1-3-6-4(2)5(7)8;/h4,6H,3H2,1-2H3,(H,7,8);1H2. The van der Waals surface area contributed by atoms with Crippen LogP contribution in [0.1, 0.15) is 13.8 Å². The number of aliphatic carboxylic acids is 1. The quantitative estimate of drug-likeness (QED) is 0.534. The van der Waals surface area contributed by atoms with E-state index in [1.807, 2.05) is 6.92 Å². The Bertz CT molecular complexity index is 84.3. The number of likely N-dealkylation sites (N-methyl/N-ethyl adjacent to an activating group) is 1. The third-order valence-corrected chi connectivity index (χ3v) is 0.881. The van der Waals surface area contributed by atoms with E-state index in [9.17, 15) is 4.79 Å². The molecule has 9 heavy (non-hydrogen) atoms. The zero-order valence-corrected chi connectivity index (χ0v) is 5.64. The summed E-state index contributed by atoms with van der Waals surface area (Å²) in [6.07, 6.45) is 0. The molecule has 4 heteroatoms. The third-order valence-electron chi connectivity index (χ3n) is 0.881. The van der Waals surface area contributed by atoms with Crippen LogP contribution in [0.3, 0.4) is 0 Å². The molecule has 1 atom stereocenters. The molecule has 4 nitrogen and oxygen atoms in total. The molecular formula is C5H13NO3. The van der Waals surface area contributed by atoms with Crippen LogP contribution in [-0.2, 0) is 4.79 Å². The van der Waals surface area contributed by atoms with Gasteiger partial charge in [-0.2, -0.15) is 0 Å². The minimum Gasteiger partial charge on any atom is -0.480 e. The lowest BCUT2D eigenvalue weighted by molar-refractivity contribution is -0.138. The normalized spacial score (nSPS) is 11.8. The molecule has 0 spiro atoms. The van der Waals surface area contributed by atoms with Gasteiger partial charge in [-0.05, 0) is 13.5 Å². The molecule has 0 heterocycles. The van der Waals surface area contributed by atoms with Gasteiger partial charge in [-0.15, -0.1) is 0 Å². The first-order valence-electron chi connectivity index (χ1n) is 2.64. The van der Waals surface area contributed by atoms with Crippen molar-refractivity contribution in [2.24, 2.45) is 0 Å². The van der Waals surface area contributed by atoms with E-state index in [1.165, 1.54) is 0 Å². The third kappa shape index (κ3) is 5.26. The summed E-state index contributed by atoms with van der Waals surface area (Å²) in [4.78, 5) is 10.0. The topological polar surface area (TPSA) is 80.8 Å². The molecule has 4 N–H and O–H groups in total. The first kappa shape index (κ1) is 11.2. The monoisotopic (exact) mass is 135 g/mol. The van der Waals surface area contributed by atoms with Gasteiger partial charge in [0.15, 0.2) is 0 Å². The van der Waals surface area contributed by atoms with Crippen LogP contribution in [0.15, 0.2) is 0 Å². The summed E-state index contributed by atoms with van der Waals surface area (Å²) in [6.45, 7) is 4.19. The lowest BCUT2D eigenvalue weighted by atomic mass is 10.3. The molecular weight excluding hydrogens is 122 g/mol. The summed E-state index contributed by atoms with van der Waals surface area (Å²) in [5.41, 5.74) is 0. The highest BCUT2D eigenvalue weighted by atomic mass is 16.4. The fourth-order valence-electron chi connectivity index (χ4n) is 0.393. The number of carboxylic acids is 1. The molecule has 0 saturated carbocycles. The van der Waals surface area contributed by atoms with Crippen LogP contribution in [-0.4, -0.2) is 29.1 Å². The Kier molecular flexibility index (Phi) is 6.89. The highest BCUT2D eigenvalue weighted by Gasteiger charge is 2.06. The number of rotatable bonds is 3. The molecule has 56 valence electrons. The molecule has 0 fully saturated rings. The molecule has 0 bridgehead atoms. The van der Waals surface area contributed by atoms with Crippen molar-refractivity contribution in [1.82, 2.24) is 5.32 Å². The Morgan fingerprint density at radius 2 is 2.22 bits per heavy atom. The molecule has 1 unspecified atom stereocenters. The molecule has 0 aromatic rings. The number of carbonyl (C=O) groups is 1. The van der Waals surface area contributed by atoms with Crippen molar-refractivity contribution >= 4 is 5.97 Å². The predicted molar refractivity (Wildman–Crippen MR) is 34.4 cm³/mol. The summed E-state index contributed by atoms with van der Waals surface area (Å²) in [5.74, 6) is -0.799. The van der Waals surface area contributed by atoms with Crippen molar-refractivity contribution in [3.63, 3.8) is 0 Å². The average molecular weight is 135 g/mol. The van der Waals surface area contributed by atoms with Gasteiger partial charge < -0.3 is 15.9 Å². The van der Waals surface area contributed by atoms with Crippen molar-refractivity contribution in [2.45, 2.75) is 19.9 Å². The predicted octanol–water partition coefficient (Wildman–Crippen LogP) is -0.756. The molecule has 0 amide bonds. The lowest BCUT2D eigenvalue weighted by Crippen LogP contribution is -2.33. The van der Waals surface area contributed by atoms with E-state index in [0.717, 1.165) is 0 Å². The van der Waals surface area contributed by atoms with Crippen LogP contribution in [0.2, 0.25) is 0 Å². The largest absolute Gasteiger partial charge is 0.480 e. The molecule has 0 radical (unpaired) electrons. The van der Waals surface area contributed by atoms with Gasteiger partial charge in [0.05, 0.1) is 0 Å². The van der Waals surface area contributed by atoms with E-state index < -0.39 is 12.0 Å². The van der Waals surface area contributed by atoms with Crippen molar-refractivity contribution in [2.75, 3.05) is 6.54 Å². The van der Waals surface area contributed by atoms with Gasteiger partial charge in [0.2, 0.25) is 0 Å². The second-order valence-electron chi connectivity index (χ2n) is 1.62. The molecule has 0 rings (SSSR count). The van der Waals surface area contributed by atoms with Gasteiger partial charge in [0, 0.05) is 0 Å². The van der Waals surface area contributed by atoms with E-state index in [-0.39, 0.29) is 5.48 Å². The second-order valence-corrected chi connectivity index (χ2v) is 1.62. The maximum Gasteiger partial charge on any atom is 0.320 e. The minimum absolute atomic E-state index is 0. The lowest BCUT2D eigenvalue weighted by Gasteiger charge is -2.03. The van der Waals surface area contributed by atoms with Crippen LogP contribution >= 0.6 is 0 Å². The molecule has 0 saturated heterocycles. The summed E-state index contributed by atoms with van der Waals surface area (Å²) >= 11 is 0. The number of carboxylic acid groups (broad SMARTS) is 1. The summed E-state index contributed by atoms with van der Waals surface area (Å²) in [5, 5.41) is 11.0. The van der Waals surface area contributed by atoms with E-state index in [0.29, 0.717) is 6.54 Å². The zero-order valence-electron chi connectivity index (χ0n) is 5.64. The summed E-state index contributed by atoms with van der Waals surface area (Å²) in [7, 11) is 0. The Hall–Kier alpha value is -0.610. The first-order chi connectivity index (χ1) is 3.68. The van der Waals surface area contributed by atoms with E-state index in [4.69, 9.17) is 5.11 Å². The molecule has 0 aliphatic carbocycles. The van der Waals surface area contributed by atoms with Gasteiger partial charge >= 0.3 is 5.97 Å². The molecule has 0 aliphatic heterocycles. The summed E-state index contributed by atoms with van der Waals surface area (Å²) < 4.78 is 0. The van der Waals surface area contributed by atoms with Gasteiger partial charge in [-0.3, -0.25) is 4.79 Å². The van der Waals surface area contributed by atoms with Crippen molar-refractivity contribution in [1.29, 1.82) is 0 Å². The van der Waals surface area contributed by atoms with Crippen LogP contribution in [0.25, 0.3) is 0 Å². The Labute approximate surface area is 54.2 Å². The zero-order chi connectivity index (χ0) is 6.57. The number of hydrogen-bond donors (Lipinski definition) is 2. The molecule has 0 aliphatic rings. The van der Waals surface area contributed by atoms with Crippen molar-refractivity contribution in [3.8, 4) is 0 Å². The van der Waals surface area contributed by atoms with Crippen LogP contribution < -0.4 is 5.32 Å². The molecule has 0 aromatic carbocycles. The van der Waals surface area contributed by atoms with Crippen molar-refractivity contribution in [3.05, 3.63) is 0 Å².